The Morgan fingerprint density at radius 3 is 2.45 bits per heavy atom. The Labute approximate surface area is 118 Å². The van der Waals surface area contributed by atoms with Crippen LogP contribution in [0.5, 0.6) is 0 Å². The number of nitrogens with zero attached hydrogens (tertiary/aromatic N) is 1. The summed E-state index contributed by atoms with van der Waals surface area (Å²) in [5.41, 5.74) is 1.47. The Kier molecular flexibility index (Phi) is 6.52. The largest absolute Gasteiger partial charge is 0.481 e. The van der Waals surface area contributed by atoms with Gasteiger partial charge in [0, 0.05) is 19.6 Å². The third-order valence-electron chi connectivity index (χ3n) is 2.93. The Morgan fingerprint density at radius 1 is 1.25 bits per heavy atom. The minimum absolute atomic E-state index is 0.0693. The topological polar surface area (TPSA) is 89.9 Å². The zero-order chi connectivity index (χ0) is 15.0. The first-order valence-corrected chi connectivity index (χ1v) is 6.50. The van der Waals surface area contributed by atoms with Gasteiger partial charge < -0.3 is 20.4 Å². The average Bonchev–Trinajstić information content (AvgIpc) is 2.43. The number of benzene rings is 1. The van der Waals surface area contributed by atoms with Crippen LogP contribution in [0.15, 0.2) is 24.3 Å². The molecule has 0 bridgehead atoms. The van der Waals surface area contributed by atoms with Crippen LogP contribution in [-0.2, 0) is 17.8 Å². The summed E-state index contributed by atoms with van der Waals surface area (Å²) in [5.74, 6) is -0.903. The number of carboxylic acids is 1. The molecule has 1 aromatic carbocycles. The van der Waals surface area contributed by atoms with Gasteiger partial charge in [0.1, 0.15) is 0 Å². The molecule has 1 aromatic rings. The van der Waals surface area contributed by atoms with E-state index in [9.17, 15) is 9.59 Å². The highest BCUT2D eigenvalue weighted by Crippen LogP contribution is 2.09. The van der Waals surface area contributed by atoms with E-state index in [4.69, 9.17) is 10.2 Å². The second kappa shape index (κ2) is 8.16. The van der Waals surface area contributed by atoms with Crippen LogP contribution in [0.4, 0.5) is 4.79 Å². The van der Waals surface area contributed by atoms with E-state index in [1.54, 1.807) is 24.3 Å². The highest BCUT2D eigenvalue weighted by atomic mass is 16.4. The summed E-state index contributed by atoms with van der Waals surface area (Å²) in [7, 11) is 0. The quantitative estimate of drug-likeness (QED) is 0.690. The molecule has 0 fully saturated rings. The Balaban J connectivity index is 2.65. The lowest BCUT2D eigenvalue weighted by atomic mass is 10.0. The first-order valence-electron chi connectivity index (χ1n) is 6.50. The second-order valence-corrected chi connectivity index (χ2v) is 4.30. The molecule has 0 aromatic heterocycles. The van der Waals surface area contributed by atoms with Gasteiger partial charge >= 0.3 is 12.0 Å². The molecule has 0 radical (unpaired) electrons. The number of amides is 2. The van der Waals surface area contributed by atoms with Crippen LogP contribution in [0.25, 0.3) is 0 Å². The van der Waals surface area contributed by atoms with E-state index in [2.05, 4.69) is 5.32 Å². The normalized spacial score (nSPS) is 10.1. The molecule has 3 N–H and O–H groups in total. The van der Waals surface area contributed by atoms with Gasteiger partial charge in [-0.15, -0.1) is 0 Å². The Bertz CT molecular complexity index is 462. The third kappa shape index (κ3) is 4.89. The van der Waals surface area contributed by atoms with Crippen LogP contribution < -0.4 is 5.32 Å². The lowest BCUT2D eigenvalue weighted by Crippen LogP contribution is -2.41. The number of carbonyl (C=O) groups is 2. The first-order chi connectivity index (χ1) is 9.58. The fourth-order valence-corrected chi connectivity index (χ4v) is 1.87. The second-order valence-electron chi connectivity index (χ2n) is 4.30. The van der Waals surface area contributed by atoms with Crippen molar-refractivity contribution in [2.45, 2.75) is 19.9 Å². The average molecular weight is 280 g/mol. The van der Waals surface area contributed by atoms with Crippen molar-refractivity contribution in [2.24, 2.45) is 0 Å². The number of aliphatic carboxylic acids is 1. The molecule has 6 heteroatoms. The van der Waals surface area contributed by atoms with Crippen molar-refractivity contribution in [1.82, 2.24) is 10.2 Å². The molecule has 6 nitrogen and oxygen atoms in total. The van der Waals surface area contributed by atoms with E-state index < -0.39 is 5.97 Å². The minimum Gasteiger partial charge on any atom is -0.481 e. The molecule has 0 spiro atoms. The molecule has 110 valence electrons. The van der Waals surface area contributed by atoms with Crippen molar-refractivity contribution in [3.8, 4) is 0 Å². The maximum atomic E-state index is 11.9. The number of likely N-dealkylation sites (N-methyl/N-ethyl adjacent to an activating group) is 1. The van der Waals surface area contributed by atoms with Crippen molar-refractivity contribution in [2.75, 3.05) is 19.7 Å². The maximum absolute atomic E-state index is 11.9. The van der Waals surface area contributed by atoms with E-state index in [1.165, 1.54) is 4.90 Å². The van der Waals surface area contributed by atoms with E-state index in [-0.39, 0.29) is 32.1 Å². The van der Waals surface area contributed by atoms with Gasteiger partial charge in [0.25, 0.3) is 0 Å². The van der Waals surface area contributed by atoms with Crippen molar-refractivity contribution < 1.29 is 19.8 Å². The lowest BCUT2D eigenvalue weighted by molar-refractivity contribution is -0.136. The number of aliphatic hydroxyl groups excluding tert-OH is 1. The molecule has 0 heterocycles. The van der Waals surface area contributed by atoms with E-state index in [0.717, 1.165) is 5.56 Å². The number of carbonyl (C=O) groups excluding carboxylic acids is 1. The number of rotatable bonds is 7. The molecule has 0 unspecified atom stereocenters. The molecule has 0 aliphatic rings. The maximum Gasteiger partial charge on any atom is 0.317 e. The highest BCUT2D eigenvalue weighted by Gasteiger charge is 2.11. The molecule has 1 rings (SSSR count). The number of urea groups is 1. The van der Waals surface area contributed by atoms with Gasteiger partial charge in [0.2, 0.25) is 0 Å². The van der Waals surface area contributed by atoms with Crippen molar-refractivity contribution in [3.63, 3.8) is 0 Å². The van der Waals surface area contributed by atoms with Crippen LogP contribution in [0.1, 0.15) is 18.1 Å². The van der Waals surface area contributed by atoms with Gasteiger partial charge in [0.05, 0.1) is 13.0 Å². The summed E-state index contributed by atoms with van der Waals surface area (Å²) in [5, 5.41) is 20.4. The van der Waals surface area contributed by atoms with Crippen LogP contribution in [-0.4, -0.2) is 46.8 Å². The van der Waals surface area contributed by atoms with E-state index in [0.29, 0.717) is 12.1 Å². The number of aliphatic hydroxyl groups is 1. The molecule has 0 aliphatic heterocycles. The molecule has 2 amide bonds. The van der Waals surface area contributed by atoms with Crippen molar-refractivity contribution >= 4 is 12.0 Å². The summed E-state index contributed by atoms with van der Waals surface area (Å²) in [6.45, 7) is 2.79. The van der Waals surface area contributed by atoms with Gasteiger partial charge in [0.15, 0.2) is 0 Å². The lowest BCUT2D eigenvalue weighted by Gasteiger charge is -2.20. The summed E-state index contributed by atoms with van der Waals surface area (Å²) < 4.78 is 0. The van der Waals surface area contributed by atoms with E-state index >= 15 is 0 Å². The number of nitrogens with one attached hydrogen (secondary N) is 1. The molecule has 0 aliphatic carbocycles. The van der Waals surface area contributed by atoms with Gasteiger partial charge in [-0.3, -0.25) is 4.79 Å². The monoisotopic (exact) mass is 280 g/mol. The molecule has 0 saturated heterocycles. The van der Waals surface area contributed by atoms with Crippen LogP contribution in [0, 0.1) is 0 Å². The summed E-state index contributed by atoms with van der Waals surface area (Å²) in [6, 6.07) is 6.83. The number of hydrogen-bond donors (Lipinski definition) is 3. The summed E-state index contributed by atoms with van der Waals surface area (Å²) in [6.07, 6.45) is -0.0693. The highest BCUT2D eigenvalue weighted by molar-refractivity contribution is 5.74. The summed E-state index contributed by atoms with van der Waals surface area (Å²) in [4.78, 5) is 24.1. The zero-order valence-electron chi connectivity index (χ0n) is 11.5. The van der Waals surface area contributed by atoms with Crippen LogP contribution in [0.2, 0.25) is 0 Å². The standard InChI is InChI=1S/C14H20N2O4/c1-2-16(7-8-17)14(20)15-10-12-6-4-3-5-11(12)9-13(18)19/h3-6,17H,2,7-10H2,1H3,(H,15,20)(H,18,19). The van der Waals surface area contributed by atoms with E-state index in [1.807, 2.05) is 6.92 Å². The molecule has 20 heavy (non-hydrogen) atoms. The number of carboxylic acid groups (broad SMARTS) is 1. The van der Waals surface area contributed by atoms with Gasteiger partial charge in [-0.1, -0.05) is 24.3 Å². The molecule has 0 saturated carbocycles. The van der Waals surface area contributed by atoms with Crippen LogP contribution >= 0.6 is 0 Å². The van der Waals surface area contributed by atoms with Gasteiger partial charge in [-0.25, -0.2) is 4.79 Å². The molecule has 0 atom stereocenters. The fraction of sp³-hybridized carbons (Fsp3) is 0.429. The minimum atomic E-state index is -0.903. The molecular weight excluding hydrogens is 260 g/mol. The Hall–Kier alpha value is -2.08. The van der Waals surface area contributed by atoms with Gasteiger partial charge in [-0.05, 0) is 18.1 Å². The summed E-state index contributed by atoms with van der Waals surface area (Å²) >= 11 is 0. The van der Waals surface area contributed by atoms with Crippen LogP contribution in [0.3, 0.4) is 0 Å². The van der Waals surface area contributed by atoms with Crippen molar-refractivity contribution in [3.05, 3.63) is 35.4 Å². The number of hydrogen-bond acceptors (Lipinski definition) is 3. The predicted octanol–water partition coefficient (Wildman–Crippen LogP) is 0.837. The molecular formula is C14H20N2O4. The zero-order valence-corrected chi connectivity index (χ0v) is 11.5. The smallest absolute Gasteiger partial charge is 0.317 e. The Morgan fingerprint density at radius 2 is 1.90 bits per heavy atom. The van der Waals surface area contributed by atoms with Gasteiger partial charge in [-0.2, -0.15) is 0 Å². The third-order valence-corrected chi connectivity index (χ3v) is 2.93. The predicted molar refractivity (Wildman–Crippen MR) is 74.4 cm³/mol. The fourth-order valence-electron chi connectivity index (χ4n) is 1.87. The van der Waals surface area contributed by atoms with Crippen molar-refractivity contribution in [1.29, 1.82) is 0 Å². The first kappa shape index (κ1) is 16.0. The SMILES string of the molecule is CCN(CCO)C(=O)NCc1ccccc1CC(=O)O.